The number of halogens is 2. The van der Waals surface area contributed by atoms with Gasteiger partial charge in [0.15, 0.2) is 5.76 Å². The maximum Gasteiger partial charge on any atom is 0.236 e. The molecule has 1 fully saturated rings. The third kappa shape index (κ3) is 3.53. The van der Waals surface area contributed by atoms with Gasteiger partial charge in [-0.2, -0.15) is 0 Å². The lowest BCUT2D eigenvalue weighted by atomic mass is 10.00. The van der Waals surface area contributed by atoms with Crippen LogP contribution in [0.25, 0.3) is 11.3 Å². The number of benzene rings is 2. The molecule has 1 heterocycles. The molecule has 1 aliphatic carbocycles. The maximum atomic E-state index is 12.9. The van der Waals surface area contributed by atoms with Crippen LogP contribution in [0, 0.1) is 0 Å². The molecule has 27 heavy (non-hydrogen) atoms. The van der Waals surface area contributed by atoms with Gasteiger partial charge < -0.3 is 14.6 Å². The SMILES string of the molecule is COc1cccc(-c2cc(C3(C(=O)Nc4cc(Cl)cc(Cl)c4)CC3)no2)c1. The van der Waals surface area contributed by atoms with E-state index in [1.165, 1.54) is 0 Å². The number of anilines is 1. The Hall–Kier alpha value is -2.50. The first kappa shape index (κ1) is 17.9. The van der Waals surface area contributed by atoms with E-state index in [9.17, 15) is 4.79 Å². The molecule has 1 amide bonds. The first-order chi connectivity index (χ1) is 13.0. The summed E-state index contributed by atoms with van der Waals surface area (Å²) in [5.74, 6) is 1.17. The standard InChI is InChI=1S/C20H16Cl2N2O3/c1-26-16-4-2-3-12(7-16)17-11-18(24-27-17)20(5-6-20)19(25)23-15-9-13(21)8-14(22)10-15/h2-4,7-11H,5-6H2,1H3,(H,23,25). The van der Waals surface area contributed by atoms with Gasteiger partial charge in [-0.1, -0.05) is 40.5 Å². The lowest BCUT2D eigenvalue weighted by molar-refractivity contribution is -0.118. The summed E-state index contributed by atoms with van der Waals surface area (Å²) in [5, 5.41) is 7.96. The Morgan fingerprint density at radius 1 is 1.15 bits per heavy atom. The molecular formula is C20H16Cl2N2O3. The zero-order valence-electron chi connectivity index (χ0n) is 14.5. The first-order valence-corrected chi connectivity index (χ1v) is 9.15. The third-order valence-electron chi connectivity index (χ3n) is 4.66. The maximum absolute atomic E-state index is 12.9. The highest BCUT2D eigenvalue weighted by atomic mass is 35.5. The summed E-state index contributed by atoms with van der Waals surface area (Å²) >= 11 is 12.0. The number of carbonyl (C=O) groups is 1. The van der Waals surface area contributed by atoms with Crippen molar-refractivity contribution in [3.8, 4) is 17.1 Å². The Bertz CT molecular complexity index is 992. The molecule has 2 aromatic carbocycles. The number of methoxy groups -OCH3 is 1. The second kappa shape index (κ2) is 6.91. The van der Waals surface area contributed by atoms with E-state index in [-0.39, 0.29) is 5.91 Å². The lowest BCUT2D eigenvalue weighted by Gasteiger charge is -2.13. The van der Waals surface area contributed by atoms with Gasteiger partial charge in [-0.15, -0.1) is 0 Å². The Labute approximate surface area is 166 Å². The fourth-order valence-corrected chi connectivity index (χ4v) is 3.54. The number of ether oxygens (including phenoxy) is 1. The highest BCUT2D eigenvalue weighted by molar-refractivity contribution is 6.35. The summed E-state index contributed by atoms with van der Waals surface area (Å²) in [7, 11) is 1.61. The van der Waals surface area contributed by atoms with Crippen molar-refractivity contribution in [2.75, 3.05) is 12.4 Å². The Balaban J connectivity index is 1.57. The number of carbonyl (C=O) groups excluding carboxylic acids is 1. The van der Waals surface area contributed by atoms with Crippen molar-refractivity contribution >= 4 is 34.8 Å². The number of hydrogen-bond donors (Lipinski definition) is 1. The number of hydrogen-bond acceptors (Lipinski definition) is 4. The fourth-order valence-electron chi connectivity index (χ4n) is 3.01. The molecule has 0 spiro atoms. The van der Waals surface area contributed by atoms with Crippen LogP contribution in [0.2, 0.25) is 10.0 Å². The summed E-state index contributed by atoms with van der Waals surface area (Å²) in [5.41, 5.74) is 1.33. The minimum Gasteiger partial charge on any atom is -0.497 e. The molecule has 3 aromatic rings. The molecule has 0 aliphatic heterocycles. The van der Waals surface area contributed by atoms with Crippen LogP contribution in [0.4, 0.5) is 5.69 Å². The van der Waals surface area contributed by atoms with Crippen molar-refractivity contribution in [3.63, 3.8) is 0 Å². The van der Waals surface area contributed by atoms with Gasteiger partial charge in [-0.3, -0.25) is 4.79 Å². The molecule has 1 aliphatic rings. The Morgan fingerprint density at radius 2 is 1.89 bits per heavy atom. The van der Waals surface area contributed by atoms with Crippen LogP contribution in [0.15, 0.2) is 53.1 Å². The smallest absolute Gasteiger partial charge is 0.236 e. The number of aromatic nitrogens is 1. The van der Waals surface area contributed by atoms with Gasteiger partial charge >= 0.3 is 0 Å². The van der Waals surface area contributed by atoms with Crippen LogP contribution >= 0.6 is 23.2 Å². The van der Waals surface area contributed by atoms with Gasteiger partial charge in [0.1, 0.15) is 5.75 Å². The van der Waals surface area contributed by atoms with Gasteiger partial charge in [0.2, 0.25) is 5.91 Å². The predicted molar refractivity (Wildman–Crippen MR) is 104 cm³/mol. The van der Waals surface area contributed by atoms with Crippen LogP contribution in [0.3, 0.4) is 0 Å². The molecule has 0 bridgehead atoms. The molecule has 0 saturated heterocycles. The molecule has 1 aromatic heterocycles. The average Bonchev–Trinajstić information content (AvgIpc) is 3.31. The monoisotopic (exact) mass is 402 g/mol. The summed E-state index contributed by atoms with van der Waals surface area (Å²) < 4.78 is 10.7. The quantitative estimate of drug-likeness (QED) is 0.626. The summed E-state index contributed by atoms with van der Waals surface area (Å²) in [6.45, 7) is 0. The highest BCUT2D eigenvalue weighted by Gasteiger charge is 2.53. The van der Waals surface area contributed by atoms with Crippen LogP contribution < -0.4 is 10.1 Å². The number of rotatable bonds is 5. The fraction of sp³-hybridized carbons (Fsp3) is 0.200. The van der Waals surface area contributed by atoms with E-state index in [0.29, 0.717) is 40.0 Å². The summed E-state index contributed by atoms with van der Waals surface area (Å²) in [4.78, 5) is 12.9. The number of nitrogens with one attached hydrogen (secondary N) is 1. The van der Waals surface area contributed by atoms with Gasteiger partial charge in [0.25, 0.3) is 0 Å². The van der Waals surface area contributed by atoms with Crippen molar-refractivity contribution in [1.82, 2.24) is 5.16 Å². The average molecular weight is 403 g/mol. The molecule has 7 heteroatoms. The number of nitrogens with zero attached hydrogens (tertiary/aromatic N) is 1. The second-order valence-electron chi connectivity index (χ2n) is 6.50. The topological polar surface area (TPSA) is 64.4 Å². The molecule has 0 unspecified atom stereocenters. The predicted octanol–water partition coefficient (Wildman–Crippen LogP) is 5.33. The molecule has 138 valence electrons. The van der Waals surface area contributed by atoms with Crippen LogP contribution in [0.5, 0.6) is 5.75 Å². The Morgan fingerprint density at radius 3 is 2.56 bits per heavy atom. The van der Waals surface area contributed by atoms with E-state index in [0.717, 1.165) is 11.3 Å². The van der Waals surface area contributed by atoms with Crippen molar-refractivity contribution in [2.24, 2.45) is 0 Å². The molecule has 1 saturated carbocycles. The van der Waals surface area contributed by atoms with E-state index in [2.05, 4.69) is 10.5 Å². The van der Waals surface area contributed by atoms with E-state index in [4.69, 9.17) is 32.5 Å². The minimum atomic E-state index is -0.685. The van der Waals surface area contributed by atoms with E-state index in [1.807, 2.05) is 30.3 Å². The summed E-state index contributed by atoms with van der Waals surface area (Å²) in [6.07, 6.45) is 1.41. The van der Waals surface area contributed by atoms with Gasteiger partial charge in [-0.05, 0) is 43.2 Å². The molecule has 0 radical (unpaired) electrons. The molecular weight excluding hydrogens is 387 g/mol. The lowest BCUT2D eigenvalue weighted by Crippen LogP contribution is -2.28. The van der Waals surface area contributed by atoms with Crippen molar-refractivity contribution in [3.05, 3.63) is 64.3 Å². The van der Waals surface area contributed by atoms with Gasteiger partial charge in [0, 0.05) is 27.4 Å². The molecule has 1 N–H and O–H groups in total. The Kier molecular flexibility index (Phi) is 4.58. The van der Waals surface area contributed by atoms with Crippen LogP contribution in [-0.2, 0) is 10.2 Å². The van der Waals surface area contributed by atoms with Crippen LogP contribution in [0.1, 0.15) is 18.5 Å². The first-order valence-electron chi connectivity index (χ1n) is 8.39. The highest BCUT2D eigenvalue weighted by Crippen LogP contribution is 2.49. The van der Waals surface area contributed by atoms with E-state index >= 15 is 0 Å². The van der Waals surface area contributed by atoms with Crippen molar-refractivity contribution < 1.29 is 14.1 Å². The number of amides is 1. The minimum absolute atomic E-state index is 0.147. The van der Waals surface area contributed by atoms with E-state index < -0.39 is 5.41 Å². The molecule has 5 nitrogen and oxygen atoms in total. The van der Waals surface area contributed by atoms with Gasteiger partial charge in [-0.25, -0.2) is 0 Å². The van der Waals surface area contributed by atoms with Crippen molar-refractivity contribution in [2.45, 2.75) is 18.3 Å². The zero-order valence-corrected chi connectivity index (χ0v) is 16.0. The second-order valence-corrected chi connectivity index (χ2v) is 7.38. The zero-order chi connectivity index (χ0) is 19.0. The van der Waals surface area contributed by atoms with E-state index in [1.54, 1.807) is 25.3 Å². The van der Waals surface area contributed by atoms with Crippen molar-refractivity contribution in [1.29, 1.82) is 0 Å². The van der Waals surface area contributed by atoms with Gasteiger partial charge in [0.05, 0.1) is 18.2 Å². The largest absolute Gasteiger partial charge is 0.497 e. The summed E-state index contributed by atoms with van der Waals surface area (Å²) in [6, 6.07) is 14.2. The third-order valence-corrected chi connectivity index (χ3v) is 5.10. The van der Waals surface area contributed by atoms with Crippen LogP contribution in [-0.4, -0.2) is 18.2 Å². The molecule has 4 rings (SSSR count). The normalized spacial score (nSPS) is 14.6. The molecule has 0 atom stereocenters.